The predicted molar refractivity (Wildman–Crippen MR) is 92.6 cm³/mol. The van der Waals surface area contributed by atoms with Gasteiger partial charge < -0.3 is 9.80 Å². The average Bonchev–Trinajstić information content (AvgIpc) is 2.63. The highest BCUT2D eigenvalue weighted by Gasteiger charge is 2.25. The molecular weight excluding hydrogens is 308 g/mol. The molecule has 0 amide bonds. The second kappa shape index (κ2) is 6.46. The molecule has 8 nitrogen and oxygen atoms in total. The van der Waals surface area contributed by atoms with Gasteiger partial charge in [0.05, 0.1) is 0 Å². The van der Waals surface area contributed by atoms with E-state index in [0.29, 0.717) is 11.9 Å². The minimum absolute atomic E-state index is 0.270. The zero-order valence-electron chi connectivity index (χ0n) is 14.2. The Hall–Kier alpha value is -2.64. The Morgan fingerprint density at radius 1 is 1.17 bits per heavy atom. The summed E-state index contributed by atoms with van der Waals surface area (Å²) in [6, 6.07) is 3.81. The Balaban J connectivity index is 1.74. The molecule has 0 saturated carbocycles. The van der Waals surface area contributed by atoms with E-state index in [2.05, 4.69) is 19.8 Å². The molecule has 1 aliphatic rings. The first kappa shape index (κ1) is 16.2. The fourth-order valence-electron chi connectivity index (χ4n) is 3.19. The first-order valence-corrected chi connectivity index (χ1v) is 8.00. The number of hydrogen-bond donors (Lipinski definition) is 0. The Morgan fingerprint density at radius 2 is 1.88 bits per heavy atom. The summed E-state index contributed by atoms with van der Waals surface area (Å²) in [6.07, 6.45) is 5.16. The van der Waals surface area contributed by atoms with Gasteiger partial charge in [-0.15, -0.1) is 0 Å². The lowest BCUT2D eigenvalue weighted by molar-refractivity contribution is 0.472. The third kappa shape index (κ3) is 2.91. The molecule has 1 saturated heterocycles. The standard InChI is InChI=1S/C16H22N6O2/c1-19(13-4-7-17-11-18-13)12-5-8-22(9-6-12)14-10-15(23)21(3)16(24)20(14)2/h4,7,10-12H,5-6,8-9H2,1-3H3. The van der Waals surface area contributed by atoms with Gasteiger partial charge in [0.25, 0.3) is 5.56 Å². The van der Waals surface area contributed by atoms with Crippen molar-refractivity contribution in [2.75, 3.05) is 29.9 Å². The molecule has 0 aromatic carbocycles. The zero-order chi connectivity index (χ0) is 17.3. The molecule has 2 aromatic heterocycles. The van der Waals surface area contributed by atoms with Gasteiger partial charge in [0.15, 0.2) is 0 Å². The van der Waals surface area contributed by atoms with Crippen LogP contribution in [0.2, 0.25) is 0 Å². The molecule has 3 heterocycles. The zero-order valence-corrected chi connectivity index (χ0v) is 14.2. The molecule has 1 aliphatic heterocycles. The molecule has 0 bridgehead atoms. The van der Waals surface area contributed by atoms with Gasteiger partial charge in [-0.2, -0.15) is 0 Å². The van der Waals surface area contributed by atoms with Crippen molar-refractivity contribution in [3.05, 3.63) is 45.5 Å². The highest BCUT2D eigenvalue weighted by Crippen LogP contribution is 2.22. The highest BCUT2D eigenvalue weighted by atomic mass is 16.2. The van der Waals surface area contributed by atoms with E-state index >= 15 is 0 Å². The molecule has 0 N–H and O–H groups in total. The molecule has 0 aliphatic carbocycles. The van der Waals surface area contributed by atoms with Gasteiger partial charge in [-0.05, 0) is 18.9 Å². The predicted octanol–water partition coefficient (Wildman–Crippen LogP) is -0.0208. The van der Waals surface area contributed by atoms with Crippen LogP contribution in [0.15, 0.2) is 34.2 Å². The van der Waals surface area contributed by atoms with Crippen LogP contribution in [0.3, 0.4) is 0 Å². The number of anilines is 2. The van der Waals surface area contributed by atoms with Crippen LogP contribution in [-0.2, 0) is 14.1 Å². The van der Waals surface area contributed by atoms with Crippen LogP contribution in [0.1, 0.15) is 12.8 Å². The monoisotopic (exact) mass is 330 g/mol. The van der Waals surface area contributed by atoms with Crippen LogP contribution in [0.4, 0.5) is 11.6 Å². The molecule has 0 radical (unpaired) electrons. The Morgan fingerprint density at radius 3 is 2.50 bits per heavy atom. The molecule has 3 rings (SSSR count). The van der Waals surface area contributed by atoms with Crippen molar-refractivity contribution in [3.8, 4) is 0 Å². The second-order valence-corrected chi connectivity index (χ2v) is 6.14. The smallest absolute Gasteiger partial charge is 0.332 e. The molecule has 0 spiro atoms. The molecule has 1 fully saturated rings. The molecule has 128 valence electrons. The van der Waals surface area contributed by atoms with Crippen molar-refractivity contribution >= 4 is 11.6 Å². The number of hydrogen-bond acceptors (Lipinski definition) is 6. The molecule has 0 unspecified atom stereocenters. The molecule has 0 atom stereocenters. The maximum absolute atomic E-state index is 12.1. The van der Waals surface area contributed by atoms with E-state index in [4.69, 9.17) is 0 Å². The minimum atomic E-state index is -0.294. The van der Waals surface area contributed by atoms with Crippen molar-refractivity contribution in [3.63, 3.8) is 0 Å². The van der Waals surface area contributed by atoms with Gasteiger partial charge in [-0.1, -0.05) is 0 Å². The third-order valence-electron chi connectivity index (χ3n) is 4.76. The van der Waals surface area contributed by atoms with Gasteiger partial charge in [0.2, 0.25) is 0 Å². The van der Waals surface area contributed by atoms with Crippen LogP contribution in [0, 0.1) is 0 Å². The van der Waals surface area contributed by atoms with E-state index in [0.717, 1.165) is 36.3 Å². The summed E-state index contributed by atoms with van der Waals surface area (Å²) in [7, 11) is 5.24. The lowest BCUT2D eigenvalue weighted by Gasteiger charge is -2.38. The summed E-state index contributed by atoms with van der Waals surface area (Å²) in [5.41, 5.74) is -0.564. The topological polar surface area (TPSA) is 76.3 Å². The second-order valence-electron chi connectivity index (χ2n) is 6.14. The van der Waals surface area contributed by atoms with Crippen LogP contribution in [0.25, 0.3) is 0 Å². The van der Waals surface area contributed by atoms with Crippen molar-refractivity contribution in [2.45, 2.75) is 18.9 Å². The summed E-state index contributed by atoms with van der Waals surface area (Å²) in [5.74, 6) is 1.59. The molecule has 24 heavy (non-hydrogen) atoms. The van der Waals surface area contributed by atoms with Crippen molar-refractivity contribution in [1.29, 1.82) is 0 Å². The van der Waals surface area contributed by atoms with Crippen LogP contribution < -0.4 is 21.0 Å². The first-order valence-electron chi connectivity index (χ1n) is 8.00. The molecule has 2 aromatic rings. The minimum Gasteiger partial charge on any atom is -0.358 e. The van der Waals surface area contributed by atoms with Gasteiger partial charge in [0.1, 0.15) is 18.0 Å². The number of rotatable bonds is 3. The highest BCUT2D eigenvalue weighted by molar-refractivity contribution is 5.41. The Bertz CT molecular complexity index is 821. The summed E-state index contributed by atoms with van der Waals surface area (Å²) < 4.78 is 2.66. The number of nitrogens with zero attached hydrogens (tertiary/aromatic N) is 6. The Labute approximate surface area is 140 Å². The van der Waals surface area contributed by atoms with Gasteiger partial charge in [0, 0.05) is 52.5 Å². The fourth-order valence-corrected chi connectivity index (χ4v) is 3.19. The lowest BCUT2D eigenvalue weighted by Crippen LogP contribution is -2.47. The summed E-state index contributed by atoms with van der Waals surface area (Å²) in [5, 5.41) is 0. The van der Waals surface area contributed by atoms with Gasteiger partial charge >= 0.3 is 5.69 Å². The largest absolute Gasteiger partial charge is 0.358 e. The van der Waals surface area contributed by atoms with Crippen LogP contribution in [0.5, 0.6) is 0 Å². The van der Waals surface area contributed by atoms with E-state index in [1.807, 2.05) is 13.1 Å². The number of aromatic nitrogens is 4. The summed E-state index contributed by atoms with van der Waals surface area (Å²) in [6.45, 7) is 1.58. The Kier molecular flexibility index (Phi) is 4.37. The maximum atomic E-state index is 12.1. The van der Waals surface area contributed by atoms with E-state index < -0.39 is 0 Å². The number of piperidine rings is 1. The van der Waals surface area contributed by atoms with Crippen molar-refractivity contribution in [1.82, 2.24) is 19.1 Å². The lowest BCUT2D eigenvalue weighted by atomic mass is 10.0. The fraction of sp³-hybridized carbons (Fsp3) is 0.500. The average molecular weight is 330 g/mol. The normalized spacial score (nSPS) is 15.5. The maximum Gasteiger partial charge on any atom is 0.332 e. The molecular formula is C16H22N6O2. The molecule has 8 heteroatoms. The van der Waals surface area contributed by atoms with E-state index in [-0.39, 0.29) is 11.2 Å². The van der Waals surface area contributed by atoms with E-state index in [1.165, 1.54) is 17.7 Å². The SMILES string of the molecule is CN(c1ccncn1)C1CCN(c2cc(=O)n(C)c(=O)n2C)CC1. The van der Waals surface area contributed by atoms with E-state index in [9.17, 15) is 9.59 Å². The van der Waals surface area contributed by atoms with E-state index in [1.54, 1.807) is 19.6 Å². The van der Waals surface area contributed by atoms with Crippen LogP contribution in [-0.4, -0.2) is 45.3 Å². The summed E-state index contributed by atoms with van der Waals surface area (Å²) >= 11 is 0. The quantitative estimate of drug-likeness (QED) is 0.787. The third-order valence-corrected chi connectivity index (χ3v) is 4.76. The summed E-state index contributed by atoms with van der Waals surface area (Å²) in [4.78, 5) is 36.5. The first-order chi connectivity index (χ1) is 11.5. The van der Waals surface area contributed by atoms with Crippen LogP contribution >= 0.6 is 0 Å². The van der Waals surface area contributed by atoms with Crippen molar-refractivity contribution < 1.29 is 0 Å². The van der Waals surface area contributed by atoms with Gasteiger partial charge in [-0.25, -0.2) is 14.8 Å². The van der Waals surface area contributed by atoms with Crippen molar-refractivity contribution in [2.24, 2.45) is 14.1 Å². The van der Waals surface area contributed by atoms with Gasteiger partial charge in [-0.3, -0.25) is 13.9 Å².